The molecule has 0 aliphatic carbocycles. The maximum atomic E-state index is 6.07. The van der Waals surface area contributed by atoms with Crippen LogP contribution in [0.25, 0.3) is 0 Å². The molecule has 1 fully saturated rings. The Morgan fingerprint density at radius 2 is 2.10 bits per heavy atom. The molecule has 0 saturated carbocycles. The van der Waals surface area contributed by atoms with Crippen LogP contribution in [-0.2, 0) is 6.42 Å². The number of hydrogen-bond acceptors (Lipinski definition) is 3. The monoisotopic (exact) mass is 308 g/mol. The highest BCUT2D eigenvalue weighted by Gasteiger charge is 2.26. The van der Waals surface area contributed by atoms with Gasteiger partial charge in [-0.1, -0.05) is 18.5 Å². The molecule has 2 heterocycles. The van der Waals surface area contributed by atoms with Crippen LogP contribution in [0.5, 0.6) is 5.75 Å². The van der Waals surface area contributed by atoms with Crippen molar-refractivity contribution in [2.75, 3.05) is 32.7 Å². The largest absolute Gasteiger partial charge is 0.488 e. The second-order valence-corrected chi connectivity index (χ2v) is 6.68. The molecule has 0 radical (unpaired) electrons. The lowest BCUT2D eigenvalue weighted by Crippen LogP contribution is -2.40. The number of fused-ring (bicyclic) bond motifs is 1. The number of nitrogens with one attached hydrogen (secondary N) is 1. The van der Waals surface area contributed by atoms with Crippen molar-refractivity contribution in [1.29, 1.82) is 0 Å². The fraction of sp³-hybridized carbons (Fsp3) is 0.647. The van der Waals surface area contributed by atoms with Gasteiger partial charge in [-0.15, -0.1) is 0 Å². The van der Waals surface area contributed by atoms with E-state index >= 15 is 0 Å². The first-order valence-corrected chi connectivity index (χ1v) is 8.50. The van der Waals surface area contributed by atoms with Gasteiger partial charge in [0.25, 0.3) is 0 Å². The van der Waals surface area contributed by atoms with Gasteiger partial charge in [0.05, 0.1) is 0 Å². The summed E-state index contributed by atoms with van der Waals surface area (Å²) in [5.74, 6) is 1.85. The summed E-state index contributed by atoms with van der Waals surface area (Å²) in [7, 11) is 0. The molecule has 2 aliphatic heterocycles. The molecule has 0 bridgehead atoms. The average Bonchev–Trinajstić information content (AvgIpc) is 2.89. The fourth-order valence-corrected chi connectivity index (χ4v) is 3.64. The Bertz CT molecular complexity index is 474. The predicted octanol–water partition coefficient (Wildman–Crippen LogP) is 2.97. The van der Waals surface area contributed by atoms with Gasteiger partial charge in [-0.05, 0) is 62.2 Å². The van der Waals surface area contributed by atoms with Gasteiger partial charge in [-0.25, -0.2) is 0 Å². The first-order valence-electron chi connectivity index (χ1n) is 8.12. The molecule has 1 N–H and O–H groups in total. The van der Waals surface area contributed by atoms with Gasteiger partial charge in [0.15, 0.2) is 0 Å². The third-order valence-electron chi connectivity index (χ3n) is 4.65. The number of rotatable bonds is 5. The Hall–Kier alpha value is -0.770. The van der Waals surface area contributed by atoms with Crippen molar-refractivity contribution in [2.45, 2.75) is 32.3 Å². The van der Waals surface area contributed by atoms with Gasteiger partial charge < -0.3 is 10.1 Å². The standard InChI is InChI=1S/C17H25ClN2O/c1-2-20(11-13-5-7-19-8-6-13)12-16-10-14-9-15(18)3-4-17(14)21-16/h3-4,9,13,16,19H,2,5-8,10-12H2,1H3. The molecule has 0 amide bonds. The summed E-state index contributed by atoms with van der Waals surface area (Å²) in [5, 5.41) is 4.25. The van der Waals surface area contributed by atoms with E-state index in [0.717, 1.165) is 36.2 Å². The van der Waals surface area contributed by atoms with Gasteiger partial charge >= 0.3 is 0 Å². The number of likely N-dealkylation sites (N-methyl/N-ethyl adjacent to an activating group) is 1. The second-order valence-electron chi connectivity index (χ2n) is 6.24. The maximum Gasteiger partial charge on any atom is 0.123 e. The normalized spacial score (nSPS) is 22.3. The number of piperidine rings is 1. The van der Waals surface area contributed by atoms with E-state index in [-0.39, 0.29) is 6.10 Å². The van der Waals surface area contributed by atoms with Gasteiger partial charge in [0.2, 0.25) is 0 Å². The van der Waals surface area contributed by atoms with Crippen LogP contribution in [0.15, 0.2) is 18.2 Å². The van der Waals surface area contributed by atoms with Crippen LogP contribution in [0.3, 0.4) is 0 Å². The van der Waals surface area contributed by atoms with Crippen molar-refractivity contribution in [3.8, 4) is 5.75 Å². The van der Waals surface area contributed by atoms with Crippen LogP contribution in [0.1, 0.15) is 25.3 Å². The first kappa shape index (κ1) is 15.1. The third-order valence-corrected chi connectivity index (χ3v) is 4.88. The zero-order chi connectivity index (χ0) is 14.7. The molecule has 116 valence electrons. The molecule has 1 aromatic carbocycles. The lowest BCUT2D eigenvalue weighted by atomic mass is 9.97. The Labute approximate surface area is 132 Å². The number of ether oxygens (including phenoxy) is 1. The van der Waals surface area contributed by atoms with Crippen molar-refractivity contribution in [3.63, 3.8) is 0 Å². The van der Waals surface area contributed by atoms with Gasteiger partial charge in [0.1, 0.15) is 11.9 Å². The first-order chi connectivity index (χ1) is 10.2. The van der Waals surface area contributed by atoms with E-state index in [9.17, 15) is 0 Å². The van der Waals surface area contributed by atoms with Crippen molar-refractivity contribution in [1.82, 2.24) is 10.2 Å². The van der Waals surface area contributed by atoms with Crippen LogP contribution in [0.4, 0.5) is 0 Å². The molecule has 0 aromatic heterocycles. The molecule has 1 saturated heterocycles. The SMILES string of the molecule is CCN(CC1CCNCC1)CC1Cc2cc(Cl)ccc2O1. The fourth-order valence-electron chi connectivity index (χ4n) is 3.44. The van der Waals surface area contributed by atoms with E-state index in [2.05, 4.69) is 17.1 Å². The summed E-state index contributed by atoms with van der Waals surface area (Å²) in [6.07, 6.45) is 3.87. The highest BCUT2D eigenvalue weighted by atomic mass is 35.5. The van der Waals surface area contributed by atoms with Crippen LogP contribution in [-0.4, -0.2) is 43.7 Å². The molecule has 3 rings (SSSR count). The van der Waals surface area contributed by atoms with E-state index in [1.807, 2.05) is 18.2 Å². The third kappa shape index (κ3) is 3.91. The van der Waals surface area contributed by atoms with Crippen LogP contribution in [0, 0.1) is 5.92 Å². The predicted molar refractivity (Wildman–Crippen MR) is 87.3 cm³/mol. The molecule has 1 aromatic rings. The average molecular weight is 309 g/mol. The molecule has 3 nitrogen and oxygen atoms in total. The van der Waals surface area contributed by atoms with E-state index in [1.54, 1.807) is 0 Å². The Balaban J connectivity index is 1.53. The second kappa shape index (κ2) is 6.99. The van der Waals surface area contributed by atoms with Gasteiger partial charge in [-0.3, -0.25) is 4.90 Å². The molecule has 4 heteroatoms. The molecule has 21 heavy (non-hydrogen) atoms. The smallest absolute Gasteiger partial charge is 0.123 e. The lowest BCUT2D eigenvalue weighted by molar-refractivity contribution is 0.133. The molecule has 0 spiro atoms. The van der Waals surface area contributed by atoms with Crippen molar-refractivity contribution in [2.24, 2.45) is 5.92 Å². The Kier molecular flexibility index (Phi) is 5.04. The van der Waals surface area contributed by atoms with Crippen LogP contribution in [0.2, 0.25) is 5.02 Å². The molecular weight excluding hydrogens is 284 g/mol. The molecular formula is C17H25ClN2O. The highest BCUT2D eigenvalue weighted by molar-refractivity contribution is 6.30. The van der Waals surface area contributed by atoms with Crippen molar-refractivity contribution < 1.29 is 4.74 Å². The van der Waals surface area contributed by atoms with Crippen molar-refractivity contribution >= 4 is 11.6 Å². The maximum absolute atomic E-state index is 6.07. The number of halogens is 1. The number of hydrogen-bond donors (Lipinski definition) is 1. The molecule has 2 aliphatic rings. The van der Waals surface area contributed by atoms with Gasteiger partial charge in [-0.2, -0.15) is 0 Å². The van der Waals surface area contributed by atoms with Crippen molar-refractivity contribution in [3.05, 3.63) is 28.8 Å². The van der Waals surface area contributed by atoms with E-state index in [1.165, 1.54) is 38.0 Å². The lowest BCUT2D eigenvalue weighted by Gasteiger charge is -2.30. The Morgan fingerprint density at radius 1 is 1.29 bits per heavy atom. The summed E-state index contributed by atoms with van der Waals surface area (Å²) in [5.41, 5.74) is 1.26. The van der Waals surface area contributed by atoms with E-state index in [4.69, 9.17) is 16.3 Å². The minimum absolute atomic E-state index is 0.278. The number of benzene rings is 1. The topological polar surface area (TPSA) is 24.5 Å². The number of nitrogens with zero attached hydrogens (tertiary/aromatic N) is 1. The summed E-state index contributed by atoms with van der Waals surface area (Å²) in [6.45, 7) is 7.92. The Morgan fingerprint density at radius 3 is 2.86 bits per heavy atom. The summed E-state index contributed by atoms with van der Waals surface area (Å²) >= 11 is 6.06. The zero-order valence-corrected chi connectivity index (χ0v) is 13.5. The van der Waals surface area contributed by atoms with E-state index in [0.29, 0.717) is 0 Å². The van der Waals surface area contributed by atoms with Crippen LogP contribution >= 0.6 is 11.6 Å². The summed E-state index contributed by atoms with van der Waals surface area (Å²) in [6, 6.07) is 5.95. The summed E-state index contributed by atoms with van der Waals surface area (Å²) in [4.78, 5) is 2.55. The van der Waals surface area contributed by atoms with Crippen LogP contribution < -0.4 is 10.1 Å². The molecule has 1 unspecified atom stereocenters. The molecule has 1 atom stereocenters. The van der Waals surface area contributed by atoms with Gasteiger partial charge in [0, 0.05) is 24.5 Å². The van der Waals surface area contributed by atoms with E-state index < -0.39 is 0 Å². The quantitative estimate of drug-likeness (QED) is 0.905. The highest BCUT2D eigenvalue weighted by Crippen LogP contribution is 2.31. The summed E-state index contributed by atoms with van der Waals surface area (Å²) < 4.78 is 6.07. The zero-order valence-electron chi connectivity index (χ0n) is 12.8. The minimum atomic E-state index is 0.278. The minimum Gasteiger partial charge on any atom is -0.488 e.